The topological polar surface area (TPSA) is 111 Å². The van der Waals surface area contributed by atoms with Crippen molar-refractivity contribution in [3.63, 3.8) is 0 Å². The Labute approximate surface area is 188 Å². The fourth-order valence-corrected chi connectivity index (χ4v) is 3.39. The van der Waals surface area contributed by atoms with Crippen LogP contribution >= 0.6 is 11.3 Å². The molecule has 2 aromatic heterocycles. The van der Waals surface area contributed by atoms with E-state index in [1.54, 1.807) is 49.1 Å². The number of pyridine rings is 1. The van der Waals surface area contributed by atoms with Crippen molar-refractivity contribution >= 4 is 34.5 Å². The molecular formula is C22H19FN6O2S. The van der Waals surface area contributed by atoms with Gasteiger partial charge in [-0.05, 0) is 35.4 Å². The van der Waals surface area contributed by atoms with Gasteiger partial charge in [-0.15, -0.1) is 11.3 Å². The Morgan fingerprint density at radius 2 is 2.16 bits per heavy atom. The molecule has 8 nitrogen and oxygen atoms in total. The van der Waals surface area contributed by atoms with E-state index in [4.69, 9.17) is 0 Å². The van der Waals surface area contributed by atoms with Crippen molar-refractivity contribution in [1.82, 2.24) is 20.2 Å². The van der Waals surface area contributed by atoms with Crippen LogP contribution in [0.25, 0.3) is 6.08 Å². The van der Waals surface area contributed by atoms with Crippen molar-refractivity contribution in [1.29, 1.82) is 5.26 Å². The highest BCUT2D eigenvalue weighted by Gasteiger charge is 2.17. The van der Waals surface area contributed by atoms with Gasteiger partial charge in [0.05, 0.1) is 12.2 Å². The summed E-state index contributed by atoms with van der Waals surface area (Å²) < 4.78 is 13.2. The number of likely N-dealkylation sites (N-methyl/N-ethyl adjacent to an activating group) is 1. The second-order valence-electron chi connectivity index (χ2n) is 6.70. The lowest BCUT2D eigenvalue weighted by atomic mass is 10.1. The standard InChI is InChI=1S/C22H19FN6O2S/c1-29(20(30)17(10-24)8-15-5-3-7-25-11-15)13-19-14-32-22(27-19)28-21(31)26-12-16-4-2-6-18(23)9-16/h2-9,11,14H,12-13H2,1H3,(H2,26,27,28,31). The summed E-state index contributed by atoms with van der Waals surface area (Å²) in [7, 11) is 1.56. The summed E-state index contributed by atoms with van der Waals surface area (Å²) in [6, 6.07) is 10.8. The van der Waals surface area contributed by atoms with Gasteiger partial charge >= 0.3 is 6.03 Å². The zero-order valence-corrected chi connectivity index (χ0v) is 17.9. The zero-order chi connectivity index (χ0) is 22.9. The molecule has 0 spiro atoms. The van der Waals surface area contributed by atoms with Crippen molar-refractivity contribution in [2.24, 2.45) is 0 Å². The highest BCUT2D eigenvalue weighted by atomic mass is 32.1. The number of carbonyl (C=O) groups excluding carboxylic acids is 2. The van der Waals surface area contributed by atoms with Gasteiger partial charge in [0.1, 0.15) is 17.5 Å². The first-order valence-corrected chi connectivity index (χ1v) is 10.3. The number of nitrogens with one attached hydrogen (secondary N) is 2. The lowest BCUT2D eigenvalue weighted by molar-refractivity contribution is -0.125. The number of rotatable bonds is 7. The molecule has 162 valence electrons. The van der Waals surface area contributed by atoms with E-state index in [-0.39, 0.29) is 24.5 Å². The smallest absolute Gasteiger partial charge is 0.321 e. The van der Waals surface area contributed by atoms with Gasteiger partial charge < -0.3 is 10.2 Å². The van der Waals surface area contributed by atoms with Crippen molar-refractivity contribution in [3.8, 4) is 6.07 Å². The fourth-order valence-electron chi connectivity index (χ4n) is 2.70. The first-order chi connectivity index (χ1) is 15.4. The van der Waals surface area contributed by atoms with Crippen LogP contribution in [0.2, 0.25) is 0 Å². The van der Waals surface area contributed by atoms with Crippen molar-refractivity contribution in [2.45, 2.75) is 13.1 Å². The minimum atomic E-state index is -0.481. The van der Waals surface area contributed by atoms with Crippen LogP contribution < -0.4 is 10.6 Å². The van der Waals surface area contributed by atoms with Gasteiger partial charge in [-0.2, -0.15) is 5.26 Å². The average Bonchev–Trinajstić information content (AvgIpc) is 3.22. The molecule has 10 heteroatoms. The monoisotopic (exact) mass is 450 g/mol. The fraction of sp³-hybridized carbons (Fsp3) is 0.136. The van der Waals surface area contributed by atoms with Crippen molar-refractivity contribution in [2.75, 3.05) is 12.4 Å². The van der Waals surface area contributed by atoms with Gasteiger partial charge in [0.2, 0.25) is 0 Å². The molecule has 0 aliphatic heterocycles. The van der Waals surface area contributed by atoms with Gasteiger partial charge in [0.25, 0.3) is 5.91 Å². The predicted octanol–water partition coefficient (Wildman–Crippen LogP) is 3.56. The van der Waals surface area contributed by atoms with Crippen LogP contribution in [0.5, 0.6) is 0 Å². The first kappa shape index (κ1) is 22.6. The highest BCUT2D eigenvalue weighted by molar-refractivity contribution is 7.13. The summed E-state index contributed by atoms with van der Waals surface area (Å²) in [4.78, 5) is 34.3. The number of thiazole rings is 1. The number of amides is 3. The van der Waals surface area contributed by atoms with Crippen LogP contribution in [0.4, 0.5) is 14.3 Å². The molecule has 2 N–H and O–H groups in total. The summed E-state index contributed by atoms with van der Waals surface area (Å²) in [5, 5.41) is 16.6. The molecule has 3 amide bonds. The van der Waals surface area contributed by atoms with E-state index in [2.05, 4.69) is 20.6 Å². The number of hydrogen-bond acceptors (Lipinski definition) is 6. The molecular weight excluding hydrogens is 431 g/mol. The minimum Gasteiger partial charge on any atom is -0.335 e. The minimum absolute atomic E-state index is 0.0224. The molecule has 1 aromatic carbocycles. The summed E-state index contributed by atoms with van der Waals surface area (Å²) >= 11 is 1.20. The van der Waals surface area contributed by atoms with E-state index < -0.39 is 11.9 Å². The van der Waals surface area contributed by atoms with Gasteiger partial charge in [0.15, 0.2) is 5.13 Å². The lowest BCUT2D eigenvalue weighted by Gasteiger charge is -2.15. The Morgan fingerprint density at radius 3 is 2.88 bits per heavy atom. The van der Waals surface area contributed by atoms with Crippen LogP contribution in [0, 0.1) is 17.1 Å². The van der Waals surface area contributed by atoms with Gasteiger partial charge in [0, 0.05) is 31.4 Å². The van der Waals surface area contributed by atoms with E-state index >= 15 is 0 Å². The molecule has 0 aliphatic carbocycles. The third kappa shape index (κ3) is 6.45. The maximum Gasteiger partial charge on any atom is 0.321 e. The zero-order valence-electron chi connectivity index (χ0n) is 17.1. The molecule has 0 saturated carbocycles. The van der Waals surface area contributed by atoms with E-state index in [0.29, 0.717) is 22.0 Å². The van der Waals surface area contributed by atoms with Crippen LogP contribution in [0.15, 0.2) is 59.7 Å². The summed E-state index contributed by atoms with van der Waals surface area (Å²) in [6.45, 7) is 0.327. The second kappa shape index (κ2) is 10.8. The average molecular weight is 450 g/mol. The third-order valence-electron chi connectivity index (χ3n) is 4.21. The van der Waals surface area contributed by atoms with Crippen LogP contribution in [-0.4, -0.2) is 33.9 Å². The third-order valence-corrected chi connectivity index (χ3v) is 5.01. The Balaban J connectivity index is 1.54. The SMILES string of the molecule is CN(Cc1csc(NC(=O)NCc2cccc(F)c2)n1)C(=O)C(C#N)=Cc1cccnc1. The first-order valence-electron chi connectivity index (χ1n) is 9.45. The normalized spacial score (nSPS) is 10.8. The lowest BCUT2D eigenvalue weighted by Crippen LogP contribution is -2.28. The van der Waals surface area contributed by atoms with E-state index in [0.717, 1.165) is 0 Å². The Bertz CT molecular complexity index is 1170. The Morgan fingerprint density at radius 1 is 1.31 bits per heavy atom. The largest absolute Gasteiger partial charge is 0.335 e. The highest BCUT2D eigenvalue weighted by Crippen LogP contribution is 2.17. The molecule has 3 rings (SSSR count). The molecule has 0 atom stereocenters. The molecule has 2 heterocycles. The number of hydrogen-bond donors (Lipinski definition) is 2. The molecule has 0 unspecified atom stereocenters. The van der Waals surface area contributed by atoms with E-state index in [1.807, 2.05) is 6.07 Å². The molecule has 3 aromatic rings. The number of halogens is 1. The quantitative estimate of drug-likeness (QED) is 0.422. The predicted molar refractivity (Wildman–Crippen MR) is 119 cm³/mol. The molecule has 0 aliphatic rings. The van der Waals surface area contributed by atoms with Crippen molar-refractivity contribution < 1.29 is 14.0 Å². The molecule has 0 saturated heterocycles. The Kier molecular flexibility index (Phi) is 7.61. The van der Waals surface area contributed by atoms with Gasteiger partial charge in [-0.3, -0.25) is 15.1 Å². The number of anilines is 1. The van der Waals surface area contributed by atoms with Crippen molar-refractivity contribution in [3.05, 3.63) is 82.4 Å². The van der Waals surface area contributed by atoms with Gasteiger partial charge in [-0.25, -0.2) is 14.2 Å². The summed E-state index contributed by atoms with van der Waals surface area (Å²) in [5.74, 6) is -0.825. The number of benzene rings is 1. The number of aromatic nitrogens is 2. The molecule has 0 radical (unpaired) electrons. The maximum atomic E-state index is 13.2. The number of carbonyl (C=O) groups is 2. The van der Waals surface area contributed by atoms with Gasteiger partial charge in [-0.1, -0.05) is 18.2 Å². The van der Waals surface area contributed by atoms with E-state index in [1.165, 1.54) is 34.4 Å². The molecule has 32 heavy (non-hydrogen) atoms. The maximum absolute atomic E-state index is 13.2. The second-order valence-corrected chi connectivity index (χ2v) is 7.56. The molecule has 0 fully saturated rings. The molecule has 0 bridgehead atoms. The van der Waals surface area contributed by atoms with Crippen LogP contribution in [-0.2, 0) is 17.9 Å². The van der Waals surface area contributed by atoms with Crippen LogP contribution in [0.3, 0.4) is 0 Å². The Hall–Kier alpha value is -4.10. The number of nitrogens with zero attached hydrogens (tertiary/aromatic N) is 4. The summed E-state index contributed by atoms with van der Waals surface area (Å²) in [6.07, 6.45) is 4.64. The van der Waals surface area contributed by atoms with Crippen LogP contribution in [0.1, 0.15) is 16.8 Å². The number of nitriles is 1. The summed E-state index contributed by atoms with van der Waals surface area (Å²) in [5.41, 5.74) is 1.82. The van der Waals surface area contributed by atoms with E-state index in [9.17, 15) is 19.2 Å². The number of urea groups is 1.